The van der Waals surface area contributed by atoms with E-state index in [-0.39, 0.29) is 24.5 Å². The van der Waals surface area contributed by atoms with Gasteiger partial charge in [-0.3, -0.25) is 14.5 Å². The second kappa shape index (κ2) is 12.8. The van der Waals surface area contributed by atoms with Crippen molar-refractivity contribution in [1.29, 1.82) is 0 Å². The number of hydrogen-bond acceptors (Lipinski definition) is 6. The number of morpholine rings is 1. The number of furan rings is 1. The molecule has 0 aromatic carbocycles. The lowest BCUT2D eigenvalue weighted by Gasteiger charge is -2.30. The Hall–Kier alpha value is -1.90. The molecule has 8 heteroatoms. The molecule has 2 amide bonds. The summed E-state index contributed by atoms with van der Waals surface area (Å²) >= 11 is 0. The van der Waals surface area contributed by atoms with Crippen molar-refractivity contribution in [1.82, 2.24) is 14.7 Å². The Morgan fingerprint density at radius 1 is 1.16 bits per heavy atom. The summed E-state index contributed by atoms with van der Waals surface area (Å²) in [7, 11) is 0. The molecule has 0 radical (unpaired) electrons. The molecule has 1 atom stereocenters. The molecule has 1 unspecified atom stereocenters. The molecule has 31 heavy (non-hydrogen) atoms. The lowest BCUT2D eigenvalue weighted by Crippen LogP contribution is -2.46. The first-order chi connectivity index (χ1) is 15.2. The van der Waals surface area contributed by atoms with Crippen molar-refractivity contribution >= 4 is 11.8 Å². The van der Waals surface area contributed by atoms with Crippen molar-refractivity contribution in [3.63, 3.8) is 0 Å². The quantitative estimate of drug-likeness (QED) is 0.501. The number of ether oxygens (including phenoxy) is 2. The van der Waals surface area contributed by atoms with Crippen LogP contribution in [0.5, 0.6) is 0 Å². The molecule has 0 spiro atoms. The Balaban J connectivity index is 1.57. The van der Waals surface area contributed by atoms with Crippen LogP contribution in [0.25, 0.3) is 0 Å². The Morgan fingerprint density at radius 2 is 2.00 bits per heavy atom. The number of carbonyl (C=O) groups excluding carboxylic acids is 2. The number of carbonyl (C=O) groups is 2. The monoisotopic (exact) mass is 435 g/mol. The zero-order chi connectivity index (χ0) is 21.9. The van der Waals surface area contributed by atoms with Crippen LogP contribution in [0.3, 0.4) is 0 Å². The minimum absolute atomic E-state index is 0.0490. The summed E-state index contributed by atoms with van der Waals surface area (Å²) < 4.78 is 16.6. The zero-order valence-electron chi connectivity index (χ0n) is 18.8. The van der Waals surface area contributed by atoms with Gasteiger partial charge < -0.3 is 23.7 Å². The lowest BCUT2D eigenvalue weighted by atomic mass is 10.2. The molecule has 0 aliphatic carbocycles. The predicted molar refractivity (Wildman–Crippen MR) is 116 cm³/mol. The minimum Gasteiger partial charge on any atom is -0.467 e. The molecule has 0 N–H and O–H groups in total. The third-order valence-corrected chi connectivity index (χ3v) is 5.88. The number of nitrogens with zero attached hydrogens (tertiary/aromatic N) is 3. The van der Waals surface area contributed by atoms with Gasteiger partial charge in [-0.15, -0.1) is 0 Å². The second-order valence-electron chi connectivity index (χ2n) is 8.36. The highest BCUT2D eigenvalue weighted by atomic mass is 16.5. The number of hydrogen-bond donors (Lipinski definition) is 0. The maximum atomic E-state index is 13.2. The average Bonchev–Trinajstić information content (AvgIpc) is 3.48. The van der Waals surface area contributed by atoms with Gasteiger partial charge in [0.05, 0.1) is 38.7 Å². The Morgan fingerprint density at radius 3 is 2.68 bits per heavy atom. The van der Waals surface area contributed by atoms with Gasteiger partial charge in [0.1, 0.15) is 5.76 Å². The van der Waals surface area contributed by atoms with Crippen LogP contribution in [-0.4, -0.2) is 91.7 Å². The molecule has 1 aromatic heterocycles. The van der Waals surface area contributed by atoms with Crippen LogP contribution in [0.2, 0.25) is 0 Å². The maximum Gasteiger partial charge on any atom is 0.242 e. The molecule has 0 bridgehead atoms. The van der Waals surface area contributed by atoms with Crippen LogP contribution in [0, 0.1) is 0 Å². The van der Waals surface area contributed by atoms with Crippen LogP contribution < -0.4 is 0 Å². The topological polar surface area (TPSA) is 75.5 Å². The van der Waals surface area contributed by atoms with Gasteiger partial charge in [-0.2, -0.15) is 0 Å². The normalized spacial score (nSPS) is 19.5. The SMILES string of the molecule is CCCC(=O)N(CCCN1CCOCC1)CC(=O)N(Cc1ccco1)CC1CCCO1. The molecular formula is C23H37N3O5. The summed E-state index contributed by atoms with van der Waals surface area (Å²) in [6, 6.07) is 3.70. The van der Waals surface area contributed by atoms with Crippen LogP contribution in [0.4, 0.5) is 0 Å². The average molecular weight is 436 g/mol. The Kier molecular flexibility index (Phi) is 9.84. The summed E-state index contributed by atoms with van der Waals surface area (Å²) in [5.74, 6) is 0.737. The van der Waals surface area contributed by atoms with Crippen LogP contribution in [-0.2, 0) is 25.6 Å². The van der Waals surface area contributed by atoms with Crippen LogP contribution >= 0.6 is 0 Å². The number of amides is 2. The fourth-order valence-corrected chi connectivity index (χ4v) is 4.12. The molecule has 174 valence electrons. The van der Waals surface area contributed by atoms with Crippen molar-refractivity contribution < 1.29 is 23.5 Å². The molecule has 3 heterocycles. The van der Waals surface area contributed by atoms with Gasteiger partial charge in [-0.25, -0.2) is 0 Å². The van der Waals surface area contributed by atoms with E-state index in [2.05, 4.69) is 4.90 Å². The molecule has 2 saturated heterocycles. The van der Waals surface area contributed by atoms with Crippen molar-refractivity contribution in [2.24, 2.45) is 0 Å². The standard InChI is InChI=1S/C23H37N3O5/c1-2-6-22(27)25(10-5-9-24-11-15-29-16-12-24)19-23(28)26(17-20-7-3-13-30-20)18-21-8-4-14-31-21/h3,7,13,21H,2,4-6,8-12,14-19H2,1H3. The first kappa shape index (κ1) is 23.8. The van der Waals surface area contributed by atoms with Gasteiger partial charge in [-0.1, -0.05) is 6.92 Å². The van der Waals surface area contributed by atoms with Gasteiger partial charge in [0.25, 0.3) is 0 Å². The summed E-state index contributed by atoms with van der Waals surface area (Å²) in [4.78, 5) is 31.8. The minimum atomic E-state index is -0.0530. The van der Waals surface area contributed by atoms with Gasteiger partial charge in [-0.05, 0) is 37.8 Å². The molecule has 2 fully saturated rings. The van der Waals surface area contributed by atoms with E-state index in [1.165, 1.54) is 0 Å². The maximum absolute atomic E-state index is 13.2. The molecule has 2 aliphatic rings. The number of rotatable bonds is 12. The van der Waals surface area contributed by atoms with E-state index in [1.807, 2.05) is 19.1 Å². The summed E-state index contributed by atoms with van der Waals surface area (Å²) in [5, 5.41) is 0. The van der Waals surface area contributed by atoms with E-state index in [9.17, 15) is 9.59 Å². The van der Waals surface area contributed by atoms with Crippen molar-refractivity contribution in [3.8, 4) is 0 Å². The smallest absolute Gasteiger partial charge is 0.242 e. The first-order valence-corrected chi connectivity index (χ1v) is 11.7. The Labute approximate surface area is 185 Å². The molecule has 8 nitrogen and oxygen atoms in total. The van der Waals surface area contributed by atoms with E-state index < -0.39 is 0 Å². The van der Waals surface area contributed by atoms with E-state index in [1.54, 1.807) is 16.1 Å². The summed E-state index contributed by atoms with van der Waals surface area (Å²) in [6.07, 6.45) is 5.75. The van der Waals surface area contributed by atoms with E-state index in [0.717, 1.165) is 70.9 Å². The van der Waals surface area contributed by atoms with Crippen molar-refractivity contribution in [2.45, 2.75) is 51.7 Å². The van der Waals surface area contributed by atoms with Crippen molar-refractivity contribution in [3.05, 3.63) is 24.2 Å². The highest BCUT2D eigenvalue weighted by Crippen LogP contribution is 2.16. The van der Waals surface area contributed by atoms with Gasteiger partial charge in [0.15, 0.2) is 0 Å². The molecule has 0 saturated carbocycles. The highest BCUT2D eigenvalue weighted by molar-refractivity contribution is 5.84. The third kappa shape index (κ3) is 7.94. The zero-order valence-corrected chi connectivity index (χ0v) is 18.8. The first-order valence-electron chi connectivity index (χ1n) is 11.7. The van der Waals surface area contributed by atoms with E-state index in [0.29, 0.717) is 26.1 Å². The summed E-state index contributed by atoms with van der Waals surface area (Å²) in [5.41, 5.74) is 0. The molecule has 3 rings (SSSR count). The largest absolute Gasteiger partial charge is 0.467 e. The van der Waals surface area contributed by atoms with Gasteiger partial charge in [0, 0.05) is 45.8 Å². The fraction of sp³-hybridized carbons (Fsp3) is 0.739. The molecule has 1 aromatic rings. The fourth-order valence-electron chi connectivity index (χ4n) is 4.12. The van der Waals surface area contributed by atoms with E-state index in [4.69, 9.17) is 13.9 Å². The molecular weight excluding hydrogens is 398 g/mol. The summed E-state index contributed by atoms with van der Waals surface area (Å²) in [6.45, 7) is 8.68. The second-order valence-corrected chi connectivity index (χ2v) is 8.36. The third-order valence-electron chi connectivity index (χ3n) is 5.88. The van der Waals surface area contributed by atoms with Gasteiger partial charge in [0.2, 0.25) is 11.8 Å². The lowest BCUT2D eigenvalue weighted by molar-refractivity contribution is -0.142. The van der Waals surface area contributed by atoms with E-state index >= 15 is 0 Å². The van der Waals surface area contributed by atoms with Crippen LogP contribution in [0.1, 0.15) is 44.8 Å². The highest BCUT2D eigenvalue weighted by Gasteiger charge is 2.26. The molecule has 2 aliphatic heterocycles. The van der Waals surface area contributed by atoms with Crippen molar-refractivity contribution in [2.75, 3.05) is 59.1 Å². The Bertz CT molecular complexity index is 654. The predicted octanol–water partition coefficient (Wildman–Crippen LogP) is 2.14. The van der Waals surface area contributed by atoms with Crippen LogP contribution in [0.15, 0.2) is 22.8 Å². The van der Waals surface area contributed by atoms with Gasteiger partial charge >= 0.3 is 0 Å².